The summed E-state index contributed by atoms with van der Waals surface area (Å²) >= 11 is 0. The van der Waals surface area contributed by atoms with Crippen LogP contribution in [0.3, 0.4) is 0 Å². The number of carbonyl (C=O) groups excluding carboxylic acids is 4. The van der Waals surface area contributed by atoms with Crippen molar-refractivity contribution in [2.75, 3.05) is 13.7 Å². The van der Waals surface area contributed by atoms with Crippen LogP contribution >= 0.6 is 0 Å². The van der Waals surface area contributed by atoms with Crippen LogP contribution in [-0.4, -0.2) is 65.7 Å². The van der Waals surface area contributed by atoms with Gasteiger partial charge in [0.05, 0.1) is 7.11 Å². The first kappa shape index (κ1) is 26.2. The van der Waals surface area contributed by atoms with E-state index in [1.165, 1.54) is 25.9 Å². The highest BCUT2D eigenvalue weighted by atomic mass is 16.6. The average Bonchev–Trinajstić information content (AvgIpc) is 3.20. The first-order chi connectivity index (χ1) is 15.3. The lowest BCUT2D eigenvalue weighted by Crippen LogP contribution is -2.60. The zero-order chi connectivity index (χ0) is 24.8. The number of carbonyl (C=O) groups is 4. The maximum absolute atomic E-state index is 13.4. The molecule has 2 atom stereocenters. The van der Waals surface area contributed by atoms with Gasteiger partial charge in [-0.15, -0.1) is 0 Å². The number of rotatable bonds is 7. The molecule has 1 aromatic rings. The number of esters is 1. The topological polar surface area (TPSA) is 114 Å². The van der Waals surface area contributed by atoms with Crippen LogP contribution in [0.2, 0.25) is 0 Å². The molecule has 0 spiro atoms. The summed E-state index contributed by atoms with van der Waals surface area (Å²) in [5, 5.41) is 5.33. The van der Waals surface area contributed by atoms with Crippen molar-refractivity contribution in [3.05, 3.63) is 35.9 Å². The summed E-state index contributed by atoms with van der Waals surface area (Å²) in [6.45, 7) is 8.64. The second-order valence-corrected chi connectivity index (χ2v) is 9.68. The van der Waals surface area contributed by atoms with Crippen molar-refractivity contribution >= 4 is 23.9 Å². The molecule has 2 rings (SSSR count). The summed E-state index contributed by atoms with van der Waals surface area (Å²) < 4.78 is 10.1. The van der Waals surface area contributed by atoms with E-state index in [0.29, 0.717) is 19.4 Å². The minimum absolute atomic E-state index is 0.234. The van der Waals surface area contributed by atoms with Crippen molar-refractivity contribution in [2.45, 2.75) is 77.1 Å². The van der Waals surface area contributed by atoms with E-state index in [1.807, 2.05) is 30.3 Å². The van der Waals surface area contributed by atoms with Crippen LogP contribution in [0, 0.1) is 0 Å². The predicted molar refractivity (Wildman–Crippen MR) is 122 cm³/mol. The summed E-state index contributed by atoms with van der Waals surface area (Å²) in [4.78, 5) is 52.4. The molecule has 1 aliphatic heterocycles. The summed E-state index contributed by atoms with van der Waals surface area (Å²) in [6.07, 6.45) is 0.677. The number of likely N-dealkylation sites (tertiary alicyclic amines) is 1. The molecule has 0 aliphatic carbocycles. The Morgan fingerprint density at radius 2 is 1.73 bits per heavy atom. The third-order valence-electron chi connectivity index (χ3n) is 5.28. The van der Waals surface area contributed by atoms with Gasteiger partial charge in [-0.3, -0.25) is 9.59 Å². The van der Waals surface area contributed by atoms with Gasteiger partial charge < -0.3 is 25.0 Å². The zero-order valence-electron chi connectivity index (χ0n) is 20.3. The van der Waals surface area contributed by atoms with Gasteiger partial charge in [-0.1, -0.05) is 30.3 Å². The molecule has 0 aromatic heterocycles. The van der Waals surface area contributed by atoms with E-state index in [-0.39, 0.29) is 12.3 Å². The zero-order valence-corrected chi connectivity index (χ0v) is 20.3. The van der Waals surface area contributed by atoms with Crippen molar-refractivity contribution in [1.82, 2.24) is 15.5 Å². The number of amides is 3. The Hall–Kier alpha value is -3.10. The van der Waals surface area contributed by atoms with E-state index in [2.05, 4.69) is 10.6 Å². The Kier molecular flexibility index (Phi) is 8.46. The van der Waals surface area contributed by atoms with Gasteiger partial charge >= 0.3 is 12.1 Å². The number of benzene rings is 1. The van der Waals surface area contributed by atoms with E-state index < -0.39 is 41.2 Å². The normalized spacial score (nSPS) is 17.2. The first-order valence-electron chi connectivity index (χ1n) is 11.1. The monoisotopic (exact) mass is 461 g/mol. The molecular weight excluding hydrogens is 426 g/mol. The van der Waals surface area contributed by atoms with Crippen LogP contribution in [0.4, 0.5) is 4.79 Å². The highest BCUT2D eigenvalue weighted by molar-refractivity contribution is 5.95. The smallest absolute Gasteiger partial charge is 0.408 e. The third kappa shape index (κ3) is 7.47. The second kappa shape index (κ2) is 10.7. The van der Waals surface area contributed by atoms with Gasteiger partial charge in [0, 0.05) is 13.0 Å². The number of nitrogens with zero attached hydrogens (tertiary/aromatic N) is 1. The standard InChI is InChI=1S/C24H35N3O6/c1-23(2,3)33-22(31)26-24(4,5)21(30)25-17(15-16-11-8-7-9-12-16)19(28)27-14-10-13-18(27)20(29)32-6/h7-9,11-12,17-18H,10,13-15H2,1-6H3,(H,25,30)(H,26,31)/t17-,18+/m0/s1. The fourth-order valence-corrected chi connectivity index (χ4v) is 3.62. The Balaban J connectivity index is 2.21. The second-order valence-electron chi connectivity index (χ2n) is 9.68. The number of hydrogen-bond donors (Lipinski definition) is 2. The molecule has 0 saturated carbocycles. The van der Waals surface area contributed by atoms with Gasteiger partial charge in [-0.05, 0) is 53.0 Å². The molecule has 2 N–H and O–H groups in total. The number of methoxy groups -OCH3 is 1. The Morgan fingerprint density at radius 3 is 2.30 bits per heavy atom. The van der Waals surface area contributed by atoms with Gasteiger partial charge in [-0.2, -0.15) is 0 Å². The lowest BCUT2D eigenvalue weighted by atomic mass is 10.0. The van der Waals surface area contributed by atoms with Crippen molar-refractivity contribution in [3.63, 3.8) is 0 Å². The fraction of sp³-hybridized carbons (Fsp3) is 0.583. The molecule has 0 bridgehead atoms. The van der Waals surface area contributed by atoms with Crippen molar-refractivity contribution in [1.29, 1.82) is 0 Å². The maximum atomic E-state index is 13.4. The van der Waals surface area contributed by atoms with Crippen LogP contribution in [0.5, 0.6) is 0 Å². The molecule has 0 radical (unpaired) electrons. The molecule has 3 amide bonds. The van der Waals surface area contributed by atoms with Crippen molar-refractivity contribution in [3.8, 4) is 0 Å². The number of hydrogen-bond acceptors (Lipinski definition) is 6. The van der Waals surface area contributed by atoms with Gasteiger partial charge in [0.2, 0.25) is 11.8 Å². The summed E-state index contributed by atoms with van der Waals surface area (Å²) in [5.74, 6) is -1.39. The summed E-state index contributed by atoms with van der Waals surface area (Å²) in [7, 11) is 1.29. The van der Waals surface area contributed by atoms with Gasteiger partial charge in [-0.25, -0.2) is 9.59 Å². The van der Waals surface area contributed by atoms with Crippen LogP contribution in [0.25, 0.3) is 0 Å². The molecule has 33 heavy (non-hydrogen) atoms. The number of ether oxygens (including phenoxy) is 2. The Morgan fingerprint density at radius 1 is 1.09 bits per heavy atom. The van der Waals surface area contributed by atoms with Gasteiger partial charge in [0.15, 0.2) is 0 Å². The maximum Gasteiger partial charge on any atom is 0.408 e. The Labute approximate surface area is 195 Å². The minimum atomic E-state index is -1.34. The van der Waals surface area contributed by atoms with Crippen molar-refractivity contribution < 1.29 is 28.7 Å². The number of alkyl carbamates (subject to hydrolysis) is 1. The van der Waals surface area contributed by atoms with E-state index in [0.717, 1.165) is 5.56 Å². The van der Waals surface area contributed by atoms with E-state index in [9.17, 15) is 19.2 Å². The average molecular weight is 462 g/mol. The summed E-state index contributed by atoms with van der Waals surface area (Å²) in [6, 6.07) is 7.67. The van der Waals surface area contributed by atoms with E-state index in [4.69, 9.17) is 9.47 Å². The lowest BCUT2D eigenvalue weighted by Gasteiger charge is -2.32. The Bertz CT molecular complexity index is 863. The molecule has 1 aliphatic rings. The highest BCUT2D eigenvalue weighted by Crippen LogP contribution is 2.21. The molecule has 182 valence electrons. The van der Waals surface area contributed by atoms with Crippen LogP contribution in [0.15, 0.2) is 30.3 Å². The van der Waals surface area contributed by atoms with E-state index in [1.54, 1.807) is 20.8 Å². The van der Waals surface area contributed by atoms with Crippen LogP contribution < -0.4 is 10.6 Å². The van der Waals surface area contributed by atoms with E-state index >= 15 is 0 Å². The molecule has 1 aromatic carbocycles. The van der Waals surface area contributed by atoms with Gasteiger partial charge in [0.25, 0.3) is 0 Å². The first-order valence-corrected chi connectivity index (χ1v) is 11.1. The molecule has 1 fully saturated rings. The SMILES string of the molecule is COC(=O)[C@H]1CCCN1C(=O)[C@H](Cc1ccccc1)NC(=O)C(C)(C)NC(=O)OC(C)(C)C. The highest BCUT2D eigenvalue weighted by Gasteiger charge is 2.40. The predicted octanol–water partition coefficient (Wildman–Crippen LogP) is 2.18. The van der Waals surface area contributed by atoms with Crippen LogP contribution in [-0.2, 0) is 30.3 Å². The molecule has 1 heterocycles. The van der Waals surface area contributed by atoms with Crippen molar-refractivity contribution in [2.24, 2.45) is 0 Å². The largest absolute Gasteiger partial charge is 0.467 e. The lowest BCUT2D eigenvalue weighted by molar-refractivity contribution is -0.152. The molecule has 0 unspecified atom stereocenters. The quantitative estimate of drug-likeness (QED) is 0.602. The molecule has 9 heteroatoms. The van der Waals surface area contributed by atoms with Crippen LogP contribution in [0.1, 0.15) is 53.0 Å². The number of nitrogens with one attached hydrogen (secondary N) is 2. The fourth-order valence-electron chi connectivity index (χ4n) is 3.62. The molecular formula is C24H35N3O6. The van der Waals surface area contributed by atoms with Gasteiger partial charge in [0.1, 0.15) is 23.2 Å². The molecule has 9 nitrogen and oxygen atoms in total. The molecule has 1 saturated heterocycles. The third-order valence-corrected chi connectivity index (χ3v) is 5.28. The summed E-state index contributed by atoms with van der Waals surface area (Å²) in [5.41, 5.74) is -1.21. The minimum Gasteiger partial charge on any atom is -0.467 e.